The number of benzene rings is 3. The summed E-state index contributed by atoms with van der Waals surface area (Å²) in [7, 11) is -2.14. The molecule has 3 aromatic carbocycles. The first-order valence-electron chi connectivity index (χ1n) is 9.94. The van der Waals surface area contributed by atoms with Gasteiger partial charge >= 0.3 is 0 Å². The number of rotatable bonds is 5. The Morgan fingerprint density at radius 1 is 0.900 bits per heavy atom. The van der Waals surface area contributed by atoms with Crippen LogP contribution in [0.15, 0.2) is 77.7 Å². The molecule has 0 spiro atoms. The molecule has 6 heteroatoms. The summed E-state index contributed by atoms with van der Waals surface area (Å²) < 4.78 is 28.0. The molecule has 5 nitrogen and oxygen atoms in total. The topological polar surface area (TPSA) is 57.7 Å². The summed E-state index contributed by atoms with van der Waals surface area (Å²) in [5, 5.41) is 0. The zero-order valence-corrected chi connectivity index (χ0v) is 17.9. The first kappa shape index (κ1) is 20.2. The second kappa shape index (κ2) is 7.95. The number of carbonyl (C=O) groups excluding carboxylic acids is 1. The Kier molecular flexibility index (Phi) is 5.35. The van der Waals surface area contributed by atoms with Gasteiger partial charge in [-0.05, 0) is 35.7 Å². The Hall–Kier alpha value is -3.12. The van der Waals surface area contributed by atoms with E-state index in [-0.39, 0.29) is 17.3 Å². The van der Waals surface area contributed by atoms with E-state index in [1.165, 1.54) is 4.31 Å². The average molecular weight is 421 g/mol. The molecule has 0 aliphatic carbocycles. The molecule has 1 aliphatic heterocycles. The third-order valence-corrected chi connectivity index (χ3v) is 7.27. The van der Waals surface area contributed by atoms with Crippen molar-refractivity contribution in [2.45, 2.75) is 24.8 Å². The molecule has 0 radical (unpaired) electrons. The Morgan fingerprint density at radius 2 is 1.60 bits per heavy atom. The van der Waals surface area contributed by atoms with Gasteiger partial charge in [-0.2, -0.15) is 0 Å². The van der Waals surface area contributed by atoms with Gasteiger partial charge in [-0.15, -0.1) is 0 Å². The number of hydrogen-bond donors (Lipinski definition) is 0. The smallest absolute Gasteiger partial charge is 0.265 e. The maximum absolute atomic E-state index is 13.4. The van der Waals surface area contributed by atoms with Gasteiger partial charge in [0.05, 0.1) is 10.6 Å². The van der Waals surface area contributed by atoms with Crippen molar-refractivity contribution < 1.29 is 13.2 Å². The molecule has 0 saturated heterocycles. The molecule has 0 saturated carbocycles. The molecule has 0 aromatic heterocycles. The zero-order chi connectivity index (χ0) is 21.3. The van der Waals surface area contributed by atoms with Gasteiger partial charge in [-0.1, -0.05) is 61.5 Å². The number of likely N-dealkylation sites (N-methyl/N-ethyl adjacent to an activating group) is 1. The molecule has 0 unspecified atom stereocenters. The van der Waals surface area contributed by atoms with Crippen molar-refractivity contribution in [1.29, 1.82) is 0 Å². The lowest BCUT2D eigenvalue weighted by Crippen LogP contribution is -2.43. The van der Waals surface area contributed by atoms with Gasteiger partial charge in [-0.3, -0.25) is 9.10 Å². The van der Waals surface area contributed by atoms with Crippen LogP contribution in [0, 0.1) is 0 Å². The summed E-state index contributed by atoms with van der Waals surface area (Å²) in [5.74, 6) is -0.257. The fourth-order valence-electron chi connectivity index (χ4n) is 3.76. The van der Waals surface area contributed by atoms with Crippen LogP contribution in [0.4, 0.5) is 5.69 Å². The minimum Gasteiger partial charge on any atom is -0.340 e. The molecule has 30 heavy (non-hydrogen) atoms. The van der Waals surface area contributed by atoms with E-state index in [9.17, 15) is 13.2 Å². The van der Waals surface area contributed by atoms with Crippen molar-refractivity contribution >= 4 is 21.6 Å². The van der Waals surface area contributed by atoms with E-state index in [0.717, 1.165) is 23.1 Å². The van der Waals surface area contributed by atoms with E-state index in [0.29, 0.717) is 17.8 Å². The van der Waals surface area contributed by atoms with Crippen LogP contribution >= 0.6 is 0 Å². The maximum atomic E-state index is 13.4. The van der Waals surface area contributed by atoms with Crippen LogP contribution in [0.3, 0.4) is 0 Å². The molecular weight excluding hydrogens is 396 g/mol. The van der Waals surface area contributed by atoms with Crippen LogP contribution in [0.25, 0.3) is 11.1 Å². The standard InChI is InChI=1S/C24H24N2O3S/c1-3-18-13-14-22-21(15-18)20-11-7-8-12-23(20)30(28,29)26(22)17-24(27)25(2)16-19-9-5-4-6-10-19/h4-15H,3,16-17H2,1-2H3. The molecular formula is C24H24N2O3S. The number of sulfonamides is 1. The number of nitrogens with zero attached hydrogens (tertiary/aromatic N) is 2. The highest BCUT2D eigenvalue weighted by molar-refractivity contribution is 7.93. The largest absolute Gasteiger partial charge is 0.340 e. The number of hydrogen-bond acceptors (Lipinski definition) is 3. The predicted octanol–water partition coefficient (Wildman–Crippen LogP) is 4.08. The number of fused-ring (bicyclic) bond motifs is 3. The van der Waals surface area contributed by atoms with Crippen molar-refractivity contribution in [3.05, 3.63) is 83.9 Å². The Balaban J connectivity index is 1.70. The fourth-order valence-corrected chi connectivity index (χ4v) is 5.40. The highest BCUT2D eigenvalue weighted by Gasteiger charge is 2.36. The molecule has 1 heterocycles. The lowest BCUT2D eigenvalue weighted by molar-refractivity contribution is -0.128. The van der Waals surface area contributed by atoms with Crippen LogP contribution in [0.1, 0.15) is 18.1 Å². The predicted molar refractivity (Wildman–Crippen MR) is 119 cm³/mol. The van der Waals surface area contributed by atoms with E-state index >= 15 is 0 Å². The highest BCUT2D eigenvalue weighted by Crippen LogP contribution is 2.43. The molecule has 1 amide bonds. The molecule has 0 fully saturated rings. The van der Waals surface area contributed by atoms with Gasteiger partial charge in [-0.25, -0.2) is 8.42 Å². The van der Waals surface area contributed by atoms with Gasteiger partial charge in [0.2, 0.25) is 5.91 Å². The van der Waals surface area contributed by atoms with Crippen LogP contribution in [0.2, 0.25) is 0 Å². The van der Waals surface area contributed by atoms with Crippen LogP contribution < -0.4 is 4.31 Å². The fraction of sp³-hybridized carbons (Fsp3) is 0.208. The number of anilines is 1. The first-order valence-corrected chi connectivity index (χ1v) is 11.4. The van der Waals surface area contributed by atoms with Crippen molar-refractivity contribution in [1.82, 2.24) is 4.90 Å². The molecule has 0 N–H and O–H groups in total. The first-order chi connectivity index (χ1) is 14.4. The van der Waals surface area contributed by atoms with Crippen molar-refractivity contribution in [2.24, 2.45) is 0 Å². The van der Waals surface area contributed by atoms with Crippen molar-refractivity contribution in [2.75, 3.05) is 17.9 Å². The number of aryl methyl sites for hydroxylation is 1. The van der Waals surface area contributed by atoms with E-state index in [2.05, 4.69) is 6.92 Å². The lowest BCUT2D eigenvalue weighted by Gasteiger charge is -2.33. The SMILES string of the molecule is CCc1ccc2c(c1)-c1ccccc1S(=O)(=O)N2CC(=O)N(C)Cc1ccccc1. The Bertz CT molecular complexity index is 1190. The summed E-state index contributed by atoms with van der Waals surface area (Å²) in [4.78, 5) is 14.8. The number of carbonyl (C=O) groups is 1. The van der Waals surface area contributed by atoms with Crippen LogP contribution in [-0.2, 0) is 27.8 Å². The van der Waals surface area contributed by atoms with E-state index in [4.69, 9.17) is 0 Å². The molecule has 0 atom stereocenters. The minimum atomic E-state index is -3.83. The van der Waals surface area contributed by atoms with E-state index < -0.39 is 10.0 Å². The number of amides is 1. The highest BCUT2D eigenvalue weighted by atomic mass is 32.2. The van der Waals surface area contributed by atoms with E-state index in [1.807, 2.05) is 60.7 Å². The average Bonchev–Trinajstić information content (AvgIpc) is 2.77. The second-order valence-electron chi connectivity index (χ2n) is 7.45. The zero-order valence-electron chi connectivity index (χ0n) is 17.1. The third-order valence-electron chi connectivity index (χ3n) is 5.45. The summed E-state index contributed by atoms with van der Waals surface area (Å²) in [6.07, 6.45) is 0.848. The normalized spacial score (nSPS) is 14.0. The summed E-state index contributed by atoms with van der Waals surface area (Å²) in [6, 6.07) is 22.4. The second-order valence-corrected chi connectivity index (χ2v) is 9.28. The quantitative estimate of drug-likeness (QED) is 0.625. The van der Waals surface area contributed by atoms with Gasteiger partial charge < -0.3 is 4.90 Å². The maximum Gasteiger partial charge on any atom is 0.265 e. The third kappa shape index (κ3) is 3.59. The summed E-state index contributed by atoms with van der Waals surface area (Å²) in [5.41, 5.74) is 4.19. The molecule has 1 aliphatic rings. The lowest BCUT2D eigenvalue weighted by atomic mass is 9.99. The monoisotopic (exact) mass is 420 g/mol. The Labute approximate surface area is 177 Å². The van der Waals surface area contributed by atoms with Gasteiger partial charge in [0.25, 0.3) is 10.0 Å². The molecule has 3 aromatic rings. The van der Waals surface area contributed by atoms with Gasteiger partial charge in [0.15, 0.2) is 0 Å². The van der Waals surface area contributed by atoms with Crippen LogP contribution in [-0.4, -0.2) is 32.8 Å². The van der Waals surface area contributed by atoms with Gasteiger partial charge in [0.1, 0.15) is 6.54 Å². The molecule has 154 valence electrons. The van der Waals surface area contributed by atoms with E-state index in [1.54, 1.807) is 24.1 Å². The molecule has 4 rings (SSSR count). The van der Waals surface area contributed by atoms with Crippen molar-refractivity contribution in [3.63, 3.8) is 0 Å². The van der Waals surface area contributed by atoms with Crippen LogP contribution in [0.5, 0.6) is 0 Å². The van der Waals surface area contributed by atoms with Gasteiger partial charge in [0, 0.05) is 24.7 Å². The summed E-state index contributed by atoms with van der Waals surface area (Å²) in [6.45, 7) is 2.25. The molecule has 0 bridgehead atoms. The Morgan fingerprint density at radius 3 is 2.33 bits per heavy atom. The minimum absolute atomic E-state index is 0.238. The summed E-state index contributed by atoms with van der Waals surface area (Å²) >= 11 is 0. The van der Waals surface area contributed by atoms with Crippen molar-refractivity contribution in [3.8, 4) is 11.1 Å².